The van der Waals surface area contributed by atoms with Crippen LogP contribution in [0.15, 0.2) is 53.0 Å². The molecule has 1 unspecified atom stereocenters. The van der Waals surface area contributed by atoms with E-state index < -0.39 is 0 Å². The number of hydrogen-bond donors (Lipinski definition) is 1. The van der Waals surface area contributed by atoms with Crippen LogP contribution in [0.2, 0.25) is 0 Å². The molecule has 0 bridgehead atoms. The molecule has 0 aliphatic rings. The van der Waals surface area contributed by atoms with Gasteiger partial charge in [0.25, 0.3) is 5.91 Å². The largest absolute Gasteiger partial charge is 0.497 e. The van der Waals surface area contributed by atoms with Gasteiger partial charge in [-0.05, 0) is 56.1 Å². The molecule has 0 heterocycles. The Morgan fingerprint density at radius 3 is 2.24 bits per heavy atom. The van der Waals surface area contributed by atoms with Gasteiger partial charge in [0.15, 0.2) is 6.61 Å². The predicted octanol–water partition coefficient (Wildman–Crippen LogP) is 3.26. The van der Waals surface area contributed by atoms with Gasteiger partial charge in [0.05, 0.1) is 13.2 Å². The van der Waals surface area contributed by atoms with Crippen LogP contribution in [0, 0.1) is 0 Å². The maximum absolute atomic E-state index is 12.1. The van der Waals surface area contributed by atoms with Crippen molar-refractivity contribution in [1.82, 2.24) is 10.2 Å². The van der Waals surface area contributed by atoms with Gasteiger partial charge in [0.2, 0.25) is 0 Å². The molecule has 0 aromatic heterocycles. The summed E-state index contributed by atoms with van der Waals surface area (Å²) in [4.78, 5) is 14.1. The average Bonchev–Trinajstić information content (AvgIpc) is 2.61. The lowest BCUT2D eigenvalue weighted by molar-refractivity contribution is -0.123. The van der Waals surface area contributed by atoms with Crippen LogP contribution >= 0.6 is 15.9 Å². The first-order valence-corrected chi connectivity index (χ1v) is 8.74. The Morgan fingerprint density at radius 1 is 1.08 bits per heavy atom. The average molecular weight is 407 g/mol. The van der Waals surface area contributed by atoms with E-state index in [1.165, 1.54) is 0 Å². The Balaban J connectivity index is 1.87. The van der Waals surface area contributed by atoms with Gasteiger partial charge >= 0.3 is 0 Å². The highest BCUT2D eigenvalue weighted by molar-refractivity contribution is 9.10. The van der Waals surface area contributed by atoms with Crippen molar-refractivity contribution in [1.29, 1.82) is 0 Å². The summed E-state index contributed by atoms with van der Waals surface area (Å²) >= 11 is 3.36. The Kier molecular flexibility index (Phi) is 7.28. The standard InChI is InChI=1S/C19H23BrN2O3/c1-22(2)18(14-4-8-16(24-3)9-5-14)12-21-19(23)13-25-17-10-6-15(20)7-11-17/h4-11,18H,12-13H2,1-3H3,(H,21,23). The number of ether oxygens (including phenoxy) is 2. The SMILES string of the molecule is COc1ccc(C(CNC(=O)COc2ccc(Br)cc2)N(C)C)cc1. The highest BCUT2D eigenvalue weighted by Crippen LogP contribution is 2.20. The van der Waals surface area contributed by atoms with Gasteiger partial charge in [-0.3, -0.25) is 4.79 Å². The summed E-state index contributed by atoms with van der Waals surface area (Å²) < 4.78 is 11.6. The first kappa shape index (κ1) is 19.3. The first-order valence-electron chi connectivity index (χ1n) is 7.95. The zero-order valence-electron chi connectivity index (χ0n) is 14.7. The number of methoxy groups -OCH3 is 1. The molecule has 1 N–H and O–H groups in total. The number of rotatable bonds is 8. The van der Waals surface area contributed by atoms with Crippen LogP contribution in [0.5, 0.6) is 11.5 Å². The molecule has 134 valence electrons. The molecule has 1 amide bonds. The van der Waals surface area contributed by atoms with E-state index in [0.29, 0.717) is 12.3 Å². The molecular weight excluding hydrogens is 384 g/mol. The normalized spacial score (nSPS) is 11.9. The van der Waals surface area contributed by atoms with Crippen LogP contribution in [0.3, 0.4) is 0 Å². The smallest absolute Gasteiger partial charge is 0.258 e. The van der Waals surface area contributed by atoms with Gasteiger partial charge in [-0.15, -0.1) is 0 Å². The van der Waals surface area contributed by atoms with Crippen LogP contribution in [0.1, 0.15) is 11.6 Å². The third-order valence-electron chi connectivity index (χ3n) is 3.80. The maximum Gasteiger partial charge on any atom is 0.258 e. The highest BCUT2D eigenvalue weighted by atomic mass is 79.9. The molecule has 6 heteroatoms. The number of likely N-dealkylation sites (N-methyl/N-ethyl adjacent to an activating group) is 1. The van der Waals surface area contributed by atoms with Crippen molar-refractivity contribution in [3.63, 3.8) is 0 Å². The molecule has 5 nitrogen and oxygen atoms in total. The zero-order valence-corrected chi connectivity index (χ0v) is 16.2. The van der Waals surface area contributed by atoms with Crippen molar-refractivity contribution >= 4 is 21.8 Å². The fourth-order valence-electron chi connectivity index (χ4n) is 2.37. The van der Waals surface area contributed by atoms with Crippen molar-refractivity contribution in [2.75, 3.05) is 34.4 Å². The summed E-state index contributed by atoms with van der Waals surface area (Å²) in [6.07, 6.45) is 0. The lowest BCUT2D eigenvalue weighted by atomic mass is 10.1. The van der Waals surface area contributed by atoms with E-state index in [1.54, 1.807) is 7.11 Å². The minimum absolute atomic E-state index is 0.00953. The fourth-order valence-corrected chi connectivity index (χ4v) is 2.63. The summed E-state index contributed by atoms with van der Waals surface area (Å²) in [5.41, 5.74) is 1.11. The van der Waals surface area contributed by atoms with E-state index in [0.717, 1.165) is 15.8 Å². The van der Waals surface area contributed by atoms with E-state index >= 15 is 0 Å². The second kappa shape index (κ2) is 9.44. The monoisotopic (exact) mass is 406 g/mol. The lowest BCUT2D eigenvalue weighted by Gasteiger charge is -2.25. The third-order valence-corrected chi connectivity index (χ3v) is 4.33. The zero-order chi connectivity index (χ0) is 18.2. The highest BCUT2D eigenvalue weighted by Gasteiger charge is 2.15. The molecule has 25 heavy (non-hydrogen) atoms. The number of halogens is 1. The Bertz CT molecular complexity index is 672. The number of benzene rings is 2. The fraction of sp³-hybridized carbons (Fsp3) is 0.316. The molecule has 0 fully saturated rings. The van der Waals surface area contributed by atoms with Crippen molar-refractivity contribution in [3.05, 3.63) is 58.6 Å². The second-order valence-electron chi connectivity index (χ2n) is 5.80. The third kappa shape index (κ3) is 6.07. The van der Waals surface area contributed by atoms with E-state index in [-0.39, 0.29) is 18.6 Å². The van der Waals surface area contributed by atoms with Crippen LogP contribution in [0.4, 0.5) is 0 Å². The molecule has 0 saturated carbocycles. The Morgan fingerprint density at radius 2 is 1.68 bits per heavy atom. The molecule has 2 aromatic carbocycles. The summed E-state index contributed by atoms with van der Waals surface area (Å²) in [5, 5.41) is 2.93. The molecule has 0 saturated heterocycles. The van der Waals surface area contributed by atoms with Gasteiger partial charge in [0.1, 0.15) is 11.5 Å². The molecule has 2 rings (SSSR count). The van der Waals surface area contributed by atoms with Crippen molar-refractivity contribution in [2.24, 2.45) is 0 Å². The molecule has 1 atom stereocenters. The number of hydrogen-bond acceptors (Lipinski definition) is 4. The number of nitrogens with one attached hydrogen (secondary N) is 1. The quantitative estimate of drug-likeness (QED) is 0.730. The van der Waals surface area contributed by atoms with Gasteiger partial charge in [-0.25, -0.2) is 0 Å². The van der Waals surface area contributed by atoms with E-state index in [9.17, 15) is 4.79 Å². The predicted molar refractivity (Wildman–Crippen MR) is 102 cm³/mol. The molecule has 0 radical (unpaired) electrons. The molecule has 0 aliphatic carbocycles. The Hall–Kier alpha value is -2.05. The number of amides is 1. The minimum Gasteiger partial charge on any atom is -0.497 e. The molecule has 0 spiro atoms. The van der Waals surface area contributed by atoms with Crippen molar-refractivity contribution < 1.29 is 14.3 Å². The van der Waals surface area contributed by atoms with E-state index in [1.807, 2.05) is 62.6 Å². The van der Waals surface area contributed by atoms with Crippen LogP contribution < -0.4 is 14.8 Å². The van der Waals surface area contributed by atoms with Gasteiger partial charge in [-0.2, -0.15) is 0 Å². The summed E-state index contributed by atoms with van der Waals surface area (Å²) in [5.74, 6) is 1.33. The van der Waals surface area contributed by atoms with Gasteiger partial charge in [0, 0.05) is 11.0 Å². The number of carbonyl (C=O) groups is 1. The van der Waals surface area contributed by atoms with Crippen LogP contribution in [-0.2, 0) is 4.79 Å². The summed E-state index contributed by atoms with van der Waals surface area (Å²) in [6, 6.07) is 15.3. The minimum atomic E-state index is -0.150. The molecule has 0 aliphatic heterocycles. The topological polar surface area (TPSA) is 50.8 Å². The van der Waals surface area contributed by atoms with Crippen molar-refractivity contribution in [3.8, 4) is 11.5 Å². The number of nitrogens with zero attached hydrogens (tertiary/aromatic N) is 1. The van der Waals surface area contributed by atoms with Gasteiger partial charge in [-0.1, -0.05) is 28.1 Å². The van der Waals surface area contributed by atoms with Crippen LogP contribution in [0.25, 0.3) is 0 Å². The second-order valence-corrected chi connectivity index (χ2v) is 6.71. The first-order chi connectivity index (χ1) is 12.0. The van der Waals surface area contributed by atoms with Crippen LogP contribution in [-0.4, -0.2) is 45.2 Å². The van der Waals surface area contributed by atoms with Crippen molar-refractivity contribution in [2.45, 2.75) is 6.04 Å². The summed E-state index contributed by atoms with van der Waals surface area (Å²) in [7, 11) is 5.61. The summed E-state index contributed by atoms with van der Waals surface area (Å²) in [6.45, 7) is 0.492. The molecular formula is C19H23BrN2O3. The lowest BCUT2D eigenvalue weighted by Crippen LogP contribution is -2.36. The maximum atomic E-state index is 12.1. The van der Waals surface area contributed by atoms with Gasteiger partial charge < -0.3 is 19.7 Å². The van der Waals surface area contributed by atoms with E-state index in [2.05, 4.69) is 26.1 Å². The Labute approximate surface area is 157 Å². The van der Waals surface area contributed by atoms with E-state index in [4.69, 9.17) is 9.47 Å². The molecule has 2 aromatic rings. The number of carbonyl (C=O) groups excluding carboxylic acids is 1.